The van der Waals surface area contributed by atoms with E-state index in [0.717, 1.165) is 13.0 Å². The molecule has 1 atom stereocenters. The van der Waals surface area contributed by atoms with Gasteiger partial charge in [-0.25, -0.2) is 0 Å². The van der Waals surface area contributed by atoms with Gasteiger partial charge in [0.05, 0.1) is 0 Å². The largest absolute Gasteiger partial charge is 0.385 e. The molecule has 3 nitrogen and oxygen atoms in total. The maximum absolute atomic E-state index is 5.01. The summed E-state index contributed by atoms with van der Waals surface area (Å²) in [5.41, 5.74) is 0. The Labute approximate surface area is 56.3 Å². The molecule has 0 radical (unpaired) electrons. The van der Waals surface area contributed by atoms with E-state index in [2.05, 4.69) is 5.32 Å². The summed E-state index contributed by atoms with van der Waals surface area (Å²) in [5, 5.41) is 2.98. The molecule has 0 rings (SSSR count). The Hall–Kier alpha value is -0.120. The second-order valence-corrected chi connectivity index (χ2v) is 1.79. The van der Waals surface area contributed by atoms with Crippen molar-refractivity contribution in [2.75, 3.05) is 27.9 Å². The van der Waals surface area contributed by atoms with Crippen LogP contribution in [-0.4, -0.2) is 34.1 Å². The maximum Gasteiger partial charge on any atom is 0.109 e. The van der Waals surface area contributed by atoms with E-state index in [-0.39, 0.29) is 6.23 Å². The first-order valence-corrected chi connectivity index (χ1v) is 3.04. The van der Waals surface area contributed by atoms with Gasteiger partial charge in [0, 0.05) is 27.2 Å². The van der Waals surface area contributed by atoms with Gasteiger partial charge in [-0.15, -0.1) is 0 Å². The number of hydrogen-bond acceptors (Lipinski definition) is 3. The van der Waals surface area contributed by atoms with Crippen LogP contribution in [0.25, 0.3) is 0 Å². The van der Waals surface area contributed by atoms with Gasteiger partial charge in [-0.1, -0.05) is 0 Å². The van der Waals surface area contributed by atoms with Gasteiger partial charge >= 0.3 is 0 Å². The Bertz CT molecular complexity index is 55.0. The minimum Gasteiger partial charge on any atom is -0.385 e. The van der Waals surface area contributed by atoms with E-state index in [4.69, 9.17) is 9.47 Å². The molecule has 0 bridgehead atoms. The Morgan fingerprint density at radius 3 is 2.44 bits per heavy atom. The smallest absolute Gasteiger partial charge is 0.109 e. The van der Waals surface area contributed by atoms with Crippen molar-refractivity contribution in [3.63, 3.8) is 0 Å². The highest BCUT2D eigenvalue weighted by Crippen LogP contribution is 1.90. The first-order valence-electron chi connectivity index (χ1n) is 3.04. The van der Waals surface area contributed by atoms with Crippen molar-refractivity contribution in [1.82, 2.24) is 5.32 Å². The van der Waals surface area contributed by atoms with Crippen molar-refractivity contribution in [1.29, 1.82) is 0 Å². The second kappa shape index (κ2) is 6.01. The molecule has 0 aromatic heterocycles. The van der Waals surface area contributed by atoms with Gasteiger partial charge in [0.2, 0.25) is 0 Å². The lowest BCUT2D eigenvalue weighted by Gasteiger charge is -2.12. The first-order chi connectivity index (χ1) is 4.35. The normalized spacial score (nSPS) is 13.7. The van der Waals surface area contributed by atoms with Crippen molar-refractivity contribution < 1.29 is 9.47 Å². The van der Waals surface area contributed by atoms with E-state index < -0.39 is 0 Å². The Balaban J connectivity index is 3.09. The summed E-state index contributed by atoms with van der Waals surface area (Å²) in [5.74, 6) is 0. The fraction of sp³-hybridized carbons (Fsp3) is 1.00. The van der Waals surface area contributed by atoms with Crippen LogP contribution in [0.4, 0.5) is 0 Å². The highest BCUT2D eigenvalue weighted by molar-refractivity contribution is 4.48. The lowest BCUT2D eigenvalue weighted by atomic mass is 10.4. The third-order valence-corrected chi connectivity index (χ3v) is 1.19. The zero-order chi connectivity index (χ0) is 7.11. The highest BCUT2D eigenvalue weighted by Gasteiger charge is 2.00. The van der Waals surface area contributed by atoms with Crippen LogP contribution in [0, 0.1) is 0 Å². The molecule has 9 heavy (non-hydrogen) atoms. The lowest BCUT2D eigenvalue weighted by molar-refractivity contribution is 0.0489. The van der Waals surface area contributed by atoms with Crippen molar-refractivity contribution in [3.8, 4) is 0 Å². The average Bonchev–Trinajstić information content (AvgIpc) is 1.91. The van der Waals surface area contributed by atoms with Gasteiger partial charge in [0.25, 0.3) is 0 Å². The van der Waals surface area contributed by atoms with Crippen LogP contribution in [0.2, 0.25) is 0 Å². The molecule has 0 aromatic rings. The standard InChI is InChI=1S/C6H15NO2/c1-7-6(9-3)4-5-8-2/h6-7H,4-5H2,1-3H3. The quantitative estimate of drug-likeness (QED) is 0.544. The SMILES string of the molecule is CNC(CCOC)OC. The van der Waals surface area contributed by atoms with E-state index in [0.29, 0.717) is 0 Å². The van der Waals surface area contributed by atoms with Gasteiger partial charge in [-0.3, -0.25) is 5.32 Å². The highest BCUT2D eigenvalue weighted by atomic mass is 16.5. The topological polar surface area (TPSA) is 30.5 Å². The molecule has 0 amide bonds. The molecule has 0 heterocycles. The Kier molecular flexibility index (Phi) is 5.93. The third kappa shape index (κ3) is 4.39. The zero-order valence-corrected chi connectivity index (χ0v) is 6.31. The molecule has 56 valence electrons. The molecular weight excluding hydrogens is 118 g/mol. The van der Waals surface area contributed by atoms with Crippen LogP contribution in [0.5, 0.6) is 0 Å². The van der Waals surface area contributed by atoms with Gasteiger partial charge < -0.3 is 9.47 Å². The summed E-state index contributed by atoms with van der Waals surface area (Å²) in [6.07, 6.45) is 1.02. The fourth-order valence-corrected chi connectivity index (χ4v) is 0.605. The third-order valence-electron chi connectivity index (χ3n) is 1.19. The monoisotopic (exact) mass is 133 g/mol. The number of ether oxygens (including phenoxy) is 2. The summed E-state index contributed by atoms with van der Waals surface area (Å²) >= 11 is 0. The van der Waals surface area contributed by atoms with Crippen LogP contribution < -0.4 is 5.32 Å². The number of methoxy groups -OCH3 is 2. The molecule has 3 heteroatoms. The molecule has 1 unspecified atom stereocenters. The van der Waals surface area contributed by atoms with Crippen LogP contribution in [0.15, 0.2) is 0 Å². The molecule has 0 aliphatic carbocycles. The Morgan fingerprint density at radius 1 is 1.44 bits per heavy atom. The van der Waals surface area contributed by atoms with Crippen LogP contribution >= 0.6 is 0 Å². The van der Waals surface area contributed by atoms with Crippen molar-refractivity contribution in [3.05, 3.63) is 0 Å². The van der Waals surface area contributed by atoms with Crippen molar-refractivity contribution in [2.45, 2.75) is 12.6 Å². The van der Waals surface area contributed by atoms with E-state index in [1.54, 1.807) is 14.2 Å². The van der Waals surface area contributed by atoms with Crippen molar-refractivity contribution in [2.24, 2.45) is 0 Å². The molecule has 0 aromatic carbocycles. The lowest BCUT2D eigenvalue weighted by Crippen LogP contribution is -2.28. The van der Waals surface area contributed by atoms with E-state index >= 15 is 0 Å². The van der Waals surface area contributed by atoms with Gasteiger partial charge in [0.1, 0.15) is 6.23 Å². The van der Waals surface area contributed by atoms with Crippen LogP contribution in [0.1, 0.15) is 6.42 Å². The van der Waals surface area contributed by atoms with Gasteiger partial charge in [0.15, 0.2) is 0 Å². The fourth-order valence-electron chi connectivity index (χ4n) is 0.605. The van der Waals surface area contributed by atoms with Gasteiger partial charge in [-0.05, 0) is 7.05 Å². The summed E-state index contributed by atoms with van der Waals surface area (Å²) < 4.78 is 9.87. The predicted molar refractivity (Wildman–Crippen MR) is 36.3 cm³/mol. The summed E-state index contributed by atoms with van der Waals surface area (Å²) in [6.45, 7) is 0.735. The molecule has 0 aliphatic rings. The summed E-state index contributed by atoms with van der Waals surface area (Å²) in [4.78, 5) is 0. The molecule has 0 spiro atoms. The first kappa shape index (κ1) is 8.88. The van der Waals surface area contributed by atoms with Crippen molar-refractivity contribution >= 4 is 0 Å². The molecule has 1 N–H and O–H groups in total. The van der Waals surface area contributed by atoms with Gasteiger partial charge in [-0.2, -0.15) is 0 Å². The van der Waals surface area contributed by atoms with E-state index in [1.165, 1.54) is 0 Å². The molecule has 0 aliphatic heterocycles. The second-order valence-electron chi connectivity index (χ2n) is 1.79. The van der Waals surface area contributed by atoms with Crippen LogP contribution in [0.3, 0.4) is 0 Å². The number of nitrogens with one attached hydrogen (secondary N) is 1. The molecule has 0 saturated carbocycles. The van der Waals surface area contributed by atoms with Crippen LogP contribution in [-0.2, 0) is 9.47 Å². The average molecular weight is 133 g/mol. The minimum absolute atomic E-state index is 0.130. The number of rotatable bonds is 5. The predicted octanol–water partition coefficient (Wildman–Crippen LogP) is 0.215. The zero-order valence-electron chi connectivity index (χ0n) is 6.31. The Morgan fingerprint density at radius 2 is 2.11 bits per heavy atom. The molecule has 0 fully saturated rings. The number of hydrogen-bond donors (Lipinski definition) is 1. The maximum atomic E-state index is 5.01. The summed E-state index contributed by atoms with van der Waals surface area (Å²) in [7, 11) is 5.23. The molecule has 0 saturated heterocycles. The minimum atomic E-state index is 0.130. The van der Waals surface area contributed by atoms with E-state index in [1.807, 2.05) is 7.05 Å². The summed E-state index contributed by atoms with van der Waals surface area (Å²) in [6, 6.07) is 0. The molecular formula is C6H15NO2. The van der Waals surface area contributed by atoms with E-state index in [9.17, 15) is 0 Å².